The van der Waals surface area contributed by atoms with Gasteiger partial charge in [-0.2, -0.15) is 0 Å². The second-order valence-electron chi connectivity index (χ2n) is 3.83. The minimum absolute atomic E-state index is 0.247. The monoisotopic (exact) mass is 231 g/mol. The van der Waals surface area contributed by atoms with Crippen LogP contribution in [0, 0.1) is 5.92 Å². The fourth-order valence-corrected chi connectivity index (χ4v) is 1.06. The molecule has 0 aliphatic carbocycles. The first-order valence-electron chi connectivity index (χ1n) is 4.78. The number of nitrogens with one attached hydrogen (secondary N) is 1. The fourth-order valence-electron chi connectivity index (χ4n) is 1.06. The minimum atomic E-state index is -1.11. The highest BCUT2D eigenvalue weighted by Crippen LogP contribution is 2.02. The van der Waals surface area contributed by atoms with Crippen molar-refractivity contribution in [2.24, 2.45) is 11.7 Å². The molecular weight excluding hydrogens is 214 g/mol. The number of rotatable bonds is 5. The molecule has 0 aromatic rings. The SMILES string of the molecule is CC(C)[C@H](NC(=O)N(C)CC(N)=O)C(=O)O. The third-order valence-electron chi connectivity index (χ3n) is 1.95. The second-order valence-corrected chi connectivity index (χ2v) is 3.83. The third-order valence-corrected chi connectivity index (χ3v) is 1.95. The predicted octanol–water partition coefficient (Wildman–Crippen LogP) is -0.778. The number of urea groups is 1. The van der Waals surface area contributed by atoms with Crippen LogP contribution in [0.3, 0.4) is 0 Å². The third kappa shape index (κ3) is 4.63. The molecule has 0 fully saturated rings. The van der Waals surface area contributed by atoms with Crippen LogP contribution >= 0.6 is 0 Å². The van der Waals surface area contributed by atoms with Crippen LogP contribution in [-0.2, 0) is 9.59 Å². The first-order valence-corrected chi connectivity index (χ1v) is 4.78. The van der Waals surface area contributed by atoms with E-state index in [1.807, 2.05) is 0 Å². The van der Waals surface area contributed by atoms with E-state index in [1.54, 1.807) is 13.8 Å². The van der Waals surface area contributed by atoms with Crippen LogP contribution < -0.4 is 11.1 Å². The number of nitrogens with zero attached hydrogens (tertiary/aromatic N) is 1. The number of nitrogens with two attached hydrogens (primary N) is 1. The van der Waals surface area contributed by atoms with E-state index in [1.165, 1.54) is 7.05 Å². The Kier molecular flexibility index (Phi) is 5.27. The standard InChI is InChI=1S/C9H17N3O4/c1-5(2)7(8(14)15)11-9(16)12(3)4-6(10)13/h5,7H,4H2,1-3H3,(H2,10,13)(H,11,16)(H,14,15)/t7-/m0/s1. The Morgan fingerprint density at radius 2 is 1.88 bits per heavy atom. The Balaban J connectivity index is 4.40. The Bertz CT molecular complexity index is 290. The van der Waals surface area contributed by atoms with Crippen molar-refractivity contribution in [3.8, 4) is 0 Å². The lowest BCUT2D eigenvalue weighted by Gasteiger charge is -2.22. The summed E-state index contributed by atoms with van der Waals surface area (Å²) in [6.45, 7) is 3.09. The van der Waals surface area contributed by atoms with Gasteiger partial charge >= 0.3 is 12.0 Å². The lowest BCUT2D eigenvalue weighted by molar-refractivity contribution is -0.140. The zero-order chi connectivity index (χ0) is 12.9. The summed E-state index contributed by atoms with van der Waals surface area (Å²) < 4.78 is 0. The number of carbonyl (C=O) groups is 3. The molecule has 0 unspecified atom stereocenters. The molecule has 16 heavy (non-hydrogen) atoms. The summed E-state index contributed by atoms with van der Waals surface area (Å²) in [5.41, 5.74) is 4.90. The molecule has 0 aromatic carbocycles. The van der Waals surface area contributed by atoms with Crippen LogP contribution in [0.2, 0.25) is 0 Å². The number of amides is 3. The largest absolute Gasteiger partial charge is 0.480 e. The molecule has 0 aliphatic heterocycles. The average Bonchev–Trinajstić information content (AvgIpc) is 2.11. The van der Waals surface area contributed by atoms with E-state index in [4.69, 9.17) is 10.8 Å². The molecule has 0 aromatic heterocycles. The van der Waals surface area contributed by atoms with E-state index in [0.717, 1.165) is 4.90 Å². The van der Waals surface area contributed by atoms with E-state index >= 15 is 0 Å². The van der Waals surface area contributed by atoms with Crippen molar-refractivity contribution in [3.05, 3.63) is 0 Å². The number of likely N-dealkylation sites (N-methyl/N-ethyl adjacent to an activating group) is 1. The number of carboxylic acid groups (broad SMARTS) is 1. The van der Waals surface area contributed by atoms with Crippen molar-refractivity contribution in [2.75, 3.05) is 13.6 Å². The van der Waals surface area contributed by atoms with Crippen molar-refractivity contribution in [1.82, 2.24) is 10.2 Å². The zero-order valence-corrected chi connectivity index (χ0v) is 9.56. The highest BCUT2D eigenvalue weighted by molar-refractivity contribution is 5.86. The smallest absolute Gasteiger partial charge is 0.326 e. The van der Waals surface area contributed by atoms with Gasteiger partial charge in [-0.05, 0) is 5.92 Å². The highest BCUT2D eigenvalue weighted by atomic mass is 16.4. The number of aliphatic carboxylic acids is 1. The van der Waals surface area contributed by atoms with Gasteiger partial charge in [0.2, 0.25) is 5.91 Å². The summed E-state index contributed by atoms with van der Waals surface area (Å²) >= 11 is 0. The van der Waals surface area contributed by atoms with E-state index in [2.05, 4.69) is 5.32 Å². The maximum absolute atomic E-state index is 11.4. The number of carboxylic acids is 1. The van der Waals surface area contributed by atoms with Gasteiger partial charge in [-0.1, -0.05) is 13.8 Å². The average molecular weight is 231 g/mol. The molecule has 92 valence electrons. The summed E-state index contributed by atoms with van der Waals surface area (Å²) in [7, 11) is 1.36. The van der Waals surface area contributed by atoms with Gasteiger partial charge in [-0.3, -0.25) is 4.79 Å². The van der Waals surface area contributed by atoms with Gasteiger partial charge in [-0.15, -0.1) is 0 Å². The Hall–Kier alpha value is -1.79. The maximum atomic E-state index is 11.4. The van der Waals surface area contributed by atoms with Crippen LogP contribution in [0.1, 0.15) is 13.8 Å². The molecule has 0 spiro atoms. The van der Waals surface area contributed by atoms with E-state index in [0.29, 0.717) is 0 Å². The van der Waals surface area contributed by atoms with Gasteiger partial charge < -0.3 is 21.1 Å². The number of primary amides is 1. The molecule has 0 saturated carbocycles. The van der Waals surface area contributed by atoms with Crippen LogP contribution in [0.25, 0.3) is 0 Å². The van der Waals surface area contributed by atoms with Gasteiger partial charge in [0.05, 0.1) is 0 Å². The van der Waals surface area contributed by atoms with Crippen LogP contribution in [0.5, 0.6) is 0 Å². The molecule has 0 aliphatic rings. The normalized spacial score (nSPS) is 12.0. The molecule has 4 N–H and O–H groups in total. The van der Waals surface area contributed by atoms with E-state index in [9.17, 15) is 14.4 Å². The molecule has 0 heterocycles. The maximum Gasteiger partial charge on any atom is 0.326 e. The molecule has 0 rings (SSSR count). The molecule has 0 bridgehead atoms. The van der Waals surface area contributed by atoms with Gasteiger partial charge in [-0.25, -0.2) is 9.59 Å². The Morgan fingerprint density at radius 3 is 2.19 bits per heavy atom. The predicted molar refractivity (Wildman–Crippen MR) is 56.6 cm³/mol. The van der Waals surface area contributed by atoms with Crippen LogP contribution in [0.4, 0.5) is 4.79 Å². The first-order chi connectivity index (χ1) is 7.25. The molecule has 7 heteroatoms. The van der Waals surface area contributed by atoms with Crippen molar-refractivity contribution in [2.45, 2.75) is 19.9 Å². The van der Waals surface area contributed by atoms with E-state index < -0.39 is 23.9 Å². The lowest BCUT2D eigenvalue weighted by Crippen LogP contribution is -2.50. The van der Waals surface area contributed by atoms with Crippen molar-refractivity contribution < 1.29 is 19.5 Å². The summed E-state index contributed by atoms with van der Waals surface area (Å²) in [6.07, 6.45) is 0. The molecule has 0 saturated heterocycles. The zero-order valence-electron chi connectivity index (χ0n) is 9.56. The van der Waals surface area contributed by atoms with Crippen LogP contribution in [0.15, 0.2) is 0 Å². The Labute approximate surface area is 93.6 Å². The lowest BCUT2D eigenvalue weighted by atomic mass is 10.1. The molecule has 3 amide bonds. The van der Waals surface area contributed by atoms with Crippen molar-refractivity contribution in [1.29, 1.82) is 0 Å². The summed E-state index contributed by atoms with van der Waals surface area (Å²) in [6, 6.07) is -1.62. The summed E-state index contributed by atoms with van der Waals surface area (Å²) in [4.78, 5) is 33.8. The van der Waals surface area contributed by atoms with Gasteiger partial charge in [0.1, 0.15) is 12.6 Å². The van der Waals surface area contributed by atoms with Gasteiger partial charge in [0.25, 0.3) is 0 Å². The second kappa shape index (κ2) is 5.94. The van der Waals surface area contributed by atoms with Gasteiger partial charge in [0, 0.05) is 7.05 Å². The van der Waals surface area contributed by atoms with Crippen molar-refractivity contribution >= 4 is 17.9 Å². The molecular formula is C9H17N3O4. The first kappa shape index (κ1) is 14.2. The number of hydrogen-bond donors (Lipinski definition) is 3. The highest BCUT2D eigenvalue weighted by Gasteiger charge is 2.24. The number of carbonyl (C=O) groups excluding carboxylic acids is 2. The molecule has 7 nitrogen and oxygen atoms in total. The van der Waals surface area contributed by atoms with Crippen LogP contribution in [-0.4, -0.2) is 47.5 Å². The topological polar surface area (TPSA) is 113 Å². The quantitative estimate of drug-likeness (QED) is 0.576. The Morgan fingerprint density at radius 1 is 1.38 bits per heavy atom. The van der Waals surface area contributed by atoms with Crippen molar-refractivity contribution in [3.63, 3.8) is 0 Å². The van der Waals surface area contributed by atoms with Gasteiger partial charge in [0.15, 0.2) is 0 Å². The molecule has 0 radical (unpaired) electrons. The number of hydrogen-bond acceptors (Lipinski definition) is 3. The minimum Gasteiger partial charge on any atom is -0.480 e. The van der Waals surface area contributed by atoms with E-state index in [-0.39, 0.29) is 12.5 Å². The molecule has 1 atom stereocenters. The summed E-state index contributed by atoms with van der Waals surface area (Å²) in [5.74, 6) is -2.02. The summed E-state index contributed by atoms with van der Waals surface area (Å²) in [5, 5.41) is 11.1. The fraction of sp³-hybridized carbons (Fsp3) is 0.667.